The fourth-order valence-corrected chi connectivity index (χ4v) is 5.03. The summed E-state index contributed by atoms with van der Waals surface area (Å²) < 4.78 is 47.7. The average Bonchev–Trinajstić information content (AvgIpc) is 3.14. The van der Waals surface area contributed by atoms with Crippen LogP contribution in [0.15, 0.2) is 59.5 Å². The van der Waals surface area contributed by atoms with Gasteiger partial charge in [0.2, 0.25) is 0 Å². The summed E-state index contributed by atoms with van der Waals surface area (Å²) in [6.07, 6.45) is 2.53. The third-order valence-corrected chi connectivity index (χ3v) is 7.24. The Bertz CT molecular complexity index is 990. The van der Waals surface area contributed by atoms with E-state index in [0.717, 1.165) is 37.9 Å². The van der Waals surface area contributed by atoms with Gasteiger partial charge in [-0.15, -0.1) is 0 Å². The first kappa shape index (κ1) is 27.8. The molecular weight excluding hydrogens is 468 g/mol. The second-order valence-electron chi connectivity index (χ2n) is 9.50. The Balaban J connectivity index is 1.38. The molecule has 1 fully saturated rings. The Kier molecular flexibility index (Phi) is 10.3. The Morgan fingerprint density at radius 1 is 0.971 bits per heavy atom. The summed E-state index contributed by atoms with van der Waals surface area (Å²) in [6.45, 7) is 6.42. The predicted octanol–water partition coefficient (Wildman–Crippen LogP) is 4.75. The molecule has 0 bridgehead atoms. The minimum absolute atomic E-state index is 0.0588. The zero-order valence-electron chi connectivity index (χ0n) is 20.9. The predicted molar refractivity (Wildman–Crippen MR) is 133 cm³/mol. The summed E-state index contributed by atoms with van der Waals surface area (Å²) in [5.74, 6) is -0.850. The van der Waals surface area contributed by atoms with E-state index in [1.807, 2.05) is 25.1 Å². The SMILES string of the molecule is Cc1ccc(S(=O)(=O)OC[C@@H](O)[C@H]2OC(C)(C)O[C@H]2CCCCCCOCc2ccccc2)cc1. The molecule has 35 heavy (non-hydrogen) atoms. The topological polar surface area (TPSA) is 91.3 Å². The van der Waals surface area contributed by atoms with Crippen molar-refractivity contribution in [3.63, 3.8) is 0 Å². The third kappa shape index (κ3) is 8.97. The summed E-state index contributed by atoms with van der Waals surface area (Å²) >= 11 is 0. The van der Waals surface area contributed by atoms with E-state index < -0.39 is 34.7 Å². The maximum absolute atomic E-state index is 12.5. The van der Waals surface area contributed by atoms with Gasteiger partial charge in [0.1, 0.15) is 12.2 Å². The summed E-state index contributed by atoms with van der Waals surface area (Å²) in [6, 6.07) is 16.5. The Morgan fingerprint density at radius 2 is 1.66 bits per heavy atom. The lowest BCUT2D eigenvalue weighted by atomic mass is 10.0. The van der Waals surface area contributed by atoms with Gasteiger partial charge in [-0.25, -0.2) is 0 Å². The molecule has 1 saturated heterocycles. The number of aliphatic hydroxyl groups excluding tert-OH is 1. The number of unbranched alkanes of at least 4 members (excludes halogenated alkanes) is 3. The van der Waals surface area contributed by atoms with E-state index in [1.54, 1.807) is 26.0 Å². The number of aliphatic hydroxyl groups is 1. The lowest BCUT2D eigenvalue weighted by Crippen LogP contribution is -2.39. The van der Waals surface area contributed by atoms with Gasteiger partial charge in [-0.05, 0) is 51.3 Å². The van der Waals surface area contributed by atoms with Gasteiger partial charge in [-0.3, -0.25) is 4.18 Å². The molecule has 0 saturated carbocycles. The summed E-state index contributed by atoms with van der Waals surface area (Å²) in [7, 11) is -3.97. The standard InChI is InChI=1S/C27H38O7S/c1-21-14-16-23(17-15-21)35(29,30)32-20-24(28)26-25(33-27(2,3)34-26)13-9-4-5-10-18-31-19-22-11-7-6-8-12-22/h6-8,11-12,14-17,24-26,28H,4-5,9-10,13,18-20H2,1-3H3/t24-,25+,26-/m1/s1. The van der Waals surface area contributed by atoms with Gasteiger partial charge in [0.15, 0.2) is 5.79 Å². The molecule has 0 amide bonds. The molecule has 3 atom stereocenters. The zero-order valence-corrected chi connectivity index (χ0v) is 21.7. The molecule has 1 N–H and O–H groups in total. The zero-order chi connectivity index (χ0) is 25.3. The Labute approximate surface area is 209 Å². The molecule has 1 aliphatic rings. The van der Waals surface area contributed by atoms with Gasteiger partial charge in [0, 0.05) is 6.61 Å². The molecule has 1 aliphatic heterocycles. The molecule has 1 heterocycles. The number of rotatable bonds is 14. The van der Waals surface area contributed by atoms with E-state index in [9.17, 15) is 13.5 Å². The maximum atomic E-state index is 12.5. The fourth-order valence-electron chi connectivity index (χ4n) is 4.11. The normalized spacial score (nSPS) is 20.7. The van der Waals surface area contributed by atoms with Gasteiger partial charge in [0.05, 0.1) is 24.2 Å². The monoisotopic (exact) mass is 506 g/mol. The van der Waals surface area contributed by atoms with Crippen LogP contribution < -0.4 is 0 Å². The highest BCUT2D eigenvalue weighted by Gasteiger charge is 2.44. The highest BCUT2D eigenvalue weighted by atomic mass is 32.2. The van der Waals surface area contributed by atoms with Crippen LogP contribution in [0.25, 0.3) is 0 Å². The van der Waals surface area contributed by atoms with Crippen molar-refractivity contribution in [2.75, 3.05) is 13.2 Å². The Morgan fingerprint density at radius 3 is 2.37 bits per heavy atom. The van der Waals surface area contributed by atoms with Gasteiger partial charge >= 0.3 is 0 Å². The molecule has 194 valence electrons. The van der Waals surface area contributed by atoms with E-state index in [1.165, 1.54) is 17.7 Å². The first-order chi connectivity index (χ1) is 16.7. The quantitative estimate of drug-likeness (QED) is 0.292. The minimum atomic E-state index is -3.97. The van der Waals surface area contributed by atoms with Crippen LogP contribution in [0.5, 0.6) is 0 Å². The van der Waals surface area contributed by atoms with E-state index in [4.69, 9.17) is 18.4 Å². The lowest BCUT2D eigenvalue weighted by molar-refractivity contribution is -0.157. The van der Waals surface area contributed by atoms with Crippen LogP contribution in [0.1, 0.15) is 57.1 Å². The van der Waals surface area contributed by atoms with Crippen LogP contribution in [-0.4, -0.2) is 50.8 Å². The fraction of sp³-hybridized carbons (Fsp3) is 0.556. The number of hydrogen-bond acceptors (Lipinski definition) is 7. The molecule has 7 nitrogen and oxygen atoms in total. The third-order valence-electron chi connectivity index (χ3n) is 5.94. The largest absolute Gasteiger partial charge is 0.388 e. The molecule has 0 radical (unpaired) electrons. The summed E-state index contributed by atoms with van der Waals surface area (Å²) in [4.78, 5) is 0.0588. The highest BCUT2D eigenvalue weighted by Crippen LogP contribution is 2.33. The van der Waals surface area contributed by atoms with E-state index in [-0.39, 0.29) is 11.0 Å². The molecule has 3 rings (SSSR count). The molecule has 0 aromatic heterocycles. The number of hydrogen-bond donors (Lipinski definition) is 1. The number of ether oxygens (including phenoxy) is 3. The average molecular weight is 507 g/mol. The van der Waals surface area contributed by atoms with Crippen LogP contribution in [0.3, 0.4) is 0 Å². The number of benzene rings is 2. The van der Waals surface area contributed by atoms with Crippen LogP contribution in [-0.2, 0) is 35.1 Å². The van der Waals surface area contributed by atoms with Crippen molar-refractivity contribution in [3.05, 3.63) is 65.7 Å². The van der Waals surface area contributed by atoms with Crippen LogP contribution >= 0.6 is 0 Å². The van der Waals surface area contributed by atoms with E-state index >= 15 is 0 Å². The molecule has 0 spiro atoms. The maximum Gasteiger partial charge on any atom is 0.297 e. The summed E-state index contributed by atoms with van der Waals surface area (Å²) in [5.41, 5.74) is 2.12. The van der Waals surface area contributed by atoms with Crippen LogP contribution in [0, 0.1) is 6.92 Å². The number of aryl methyl sites for hydroxylation is 1. The van der Waals surface area contributed by atoms with Crippen molar-refractivity contribution in [3.8, 4) is 0 Å². The lowest BCUT2D eigenvalue weighted by Gasteiger charge is -2.22. The second-order valence-corrected chi connectivity index (χ2v) is 11.1. The molecule has 2 aromatic rings. The molecule has 2 aromatic carbocycles. The van der Waals surface area contributed by atoms with E-state index in [2.05, 4.69) is 12.1 Å². The van der Waals surface area contributed by atoms with Crippen molar-refractivity contribution < 1.29 is 31.9 Å². The van der Waals surface area contributed by atoms with Gasteiger partial charge in [-0.2, -0.15) is 8.42 Å². The first-order valence-electron chi connectivity index (χ1n) is 12.3. The van der Waals surface area contributed by atoms with Crippen molar-refractivity contribution in [1.29, 1.82) is 0 Å². The van der Waals surface area contributed by atoms with E-state index in [0.29, 0.717) is 13.0 Å². The van der Waals surface area contributed by atoms with Crippen molar-refractivity contribution in [1.82, 2.24) is 0 Å². The minimum Gasteiger partial charge on any atom is -0.388 e. The Hall–Kier alpha value is -1.81. The second kappa shape index (κ2) is 12.9. The summed E-state index contributed by atoms with van der Waals surface area (Å²) in [5, 5.41) is 10.7. The van der Waals surface area contributed by atoms with Crippen LogP contribution in [0.2, 0.25) is 0 Å². The highest BCUT2D eigenvalue weighted by molar-refractivity contribution is 7.86. The molecular formula is C27H38O7S. The molecule has 0 aliphatic carbocycles. The first-order valence-corrected chi connectivity index (χ1v) is 13.7. The molecule has 0 unspecified atom stereocenters. The van der Waals surface area contributed by atoms with Gasteiger partial charge < -0.3 is 19.3 Å². The van der Waals surface area contributed by atoms with Gasteiger partial charge in [-0.1, -0.05) is 67.3 Å². The van der Waals surface area contributed by atoms with Gasteiger partial charge in [0.25, 0.3) is 10.1 Å². The van der Waals surface area contributed by atoms with Crippen molar-refractivity contribution in [2.24, 2.45) is 0 Å². The molecule has 8 heteroatoms. The van der Waals surface area contributed by atoms with Crippen LogP contribution in [0.4, 0.5) is 0 Å². The smallest absolute Gasteiger partial charge is 0.297 e. The van der Waals surface area contributed by atoms with Crippen molar-refractivity contribution in [2.45, 2.75) is 88.5 Å². The van der Waals surface area contributed by atoms with Crippen molar-refractivity contribution >= 4 is 10.1 Å².